The summed E-state index contributed by atoms with van der Waals surface area (Å²) >= 11 is 0. The molecule has 0 amide bonds. The Morgan fingerprint density at radius 1 is 1.38 bits per heavy atom. The molecule has 1 saturated carbocycles. The summed E-state index contributed by atoms with van der Waals surface area (Å²) in [4.78, 5) is 11.5. The van der Waals surface area contributed by atoms with Crippen LogP contribution in [0.4, 0.5) is 0 Å². The number of ketones is 1. The zero-order chi connectivity index (χ0) is 11.6. The highest BCUT2D eigenvalue weighted by molar-refractivity contribution is 5.77. The molecule has 1 aromatic carbocycles. The van der Waals surface area contributed by atoms with Crippen LogP contribution in [0.2, 0.25) is 0 Å². The molecule has 0 unspecified atom stereocenters. The van der Waals surface area contributed by atoms with Crippen molar-refractivity contribution >= 4 is 5.78 Å². The third kappa shape index (κ3) is 1.91. The lowest BCUT2D eigenvalue weighted by molar-refractivity contribution is -0.118. The summed E-state index contributed by atoms with van der Waals surface area (Å²) in [7, 11) is 0. The van der Waals surface area contributed by atoms with Crippen molar-refractivity contribution in [2.75, 3.05) is 0 Å². The Kier molecular flexibility index (Phi) is 3.13. The van der Waals surface area contributed by atoms with E-state index in [0.29, 0.717) is 18.1 Å². The van der Waals surface area contributed by atoms with Gasteiger partial charge in [-0.1, -0.05) is 43.7 Å². The van der Waals surface area contributed by atoms with Gasteiger partial charge >= 0.3 is 0 Å². The normalized spacial score (nSPS) is 29.2. The lowest BCUT2D eigenvalue weighted by Crippen LogP contribution is -2.31. The minimum atomic E-state index is 0.118. The Hall–Kier alpha value is -1.11. The van der Waals surface area contributed by atoms with Crippen molar-refractivity contribution in [1.29, 1.82) is 0 Å². The molecule has 0 radical (unpaired) electrons. The van der Waals surface area contributed by atoms with Crippen LogP contribution >= 0.6 is 0 Å². The highest BCUT2D eigenvalue weighted by Gasteiger charge is 2.42. The van der Waals surface area contributed by atoms with E-state index in [4.69, 9.17) is 0 Å². The third-order valence-electron chi connectivity index (χ3n) is 4.12. The van der Waals surface area contributed by atoms with Gasteiger partial charge in [-0.3, -0.25) is 4.79 Å². The molecule has 16 heavy (non-hydrogen) atoms. The Morgan fingerprint density at radius 2 is 2.06 bits per heavy atom. The number of carbonyl (C=O) groups is 1. The molecule has 1 heteroatoms. The molecule has 0 saturated heterocycles. The Bertz CT molecular complexity index is 368. The summed E-state index contributed by atoms with van der Waals surface area (Å²) in [6, 6.07) is 10.6. The highest BCUT2D eigenvalue weighted by Crippen LogP contribution is 2.48. The smallest absolute Gasteiger partial charge is 0.130 e. The quantitative estimate of drug-likeness (QED) is 0.752. The van der Waals surface area contributed by atoms with Crippen molar-refractivity contribution in [1.82, 2.24) is 0 Å². The van der Waals surface area contributed by atoms with E-state index in [2.05, 4.69) is 31.2 Å². The SMILES string of the molecule is CC(=O)C[C@]1(c2ccccc2)CCC[C@@H]1C. The predicted octanol–water partition coefficient (Wildman–Crippen LogP) is 3.72. The van der Waals surface area contributed by atoms with Crippen LogP contribution in [-0.2, 0) is 10.2 Å². The summed E-state index contributed by atoms with van der Waals surface area (Å²) in [5, 5.41) is 0. The number of hydrogen-bond donors (Lipinski definition) is 0. The molecule has 0 aliphatic heterocycles. The molecule has 1 nitrogen and oxygen atoms in total. The summed E-state index contributed by atoms with van der Waals surface area (Å²) in [5.41, 5.74) is 1.47. The molecule has 0 aromatic heterocycles. The summed E-state index contributed by atoms with van der Waals surface area (Å²) in [6.45, 7) is 4.01. The maximum atomic E-state index is 11.5. The fourth-order valence-corrected chi connectivity index (χ4v) is 3.25. The molecule has 0 bridgehead atoms. The van der Waals surface area contributed by atoms with E-state index in [1.54, 1.807) is 6.92 Å². The van der Waals surface area contributed by atoms with E-state index in [9.17, 15) is 4.79 Å². The first kappa shape index (κ1) is 11.4. The standard InChI is InChI=1S/C15H20O/c1-12-7-6-10-15(12,11-13(2)16)14-8-4-3-5-9-14/h3-5,8-9,12H,6-7,10-11H2,1-2H3/t12-,15+/m0/s1. The van der Waals surface area contributed by atoms with Crippen LogP contribution in [-0.4, -0.2) is 5.78 Å². The van der Waals surface area contributed by atoms with Crippen molar-refractivity contribution in [2.45, 2.75) is 44.9 Å². The lowest BCUT2D eigenvalue weighted by atomic mass is 9.70. The maximum Gasteiger partial charge on any atom is 0.130 e. The molecule has 0 spiro atoms. The van der Waals surface area contributed by atoms with Crippen LogP contribution in [0.15, 0.2) is 30.3 Å². The second-order valence-corrected chi connectivity index (χ2v) is 5.19. The van der Waals surface area contributed by atoms with E-state index in [1.165, 1.54) is 18.4 Å². The molecule has 0 heterocycles. The number of hydrogen-bond acceptors (Lipinski definition) is 1. The summed E-state index contributed by atoms with van der Waals surface area (Å²) in [6.07, 6.45) is 4.38. The monoisotopic (exact) mass is 216 g/mol. The van der Waals surface area contributed by atoms with E-state index >= 15 is 0 Å². The van der Waals surface area contributed by atoms with E-state index in [1.807, 2.05) is 6.07 Å². The highest BCUT2D eigenvalue weighted by atomic mass is 16.1. The average molecular weight is 216 g/mol. The van der Waals surface area contributed by atoms with Crippen LogP contribution in [0.3, 0.4) is 0 Å². The molecule has 2 atom stereocenters. The van der Waals surface area contributed by atoms with Gasteiger partial charge in [0, 0.05) is 11.8 Å². The molecular weight excluding hydrogens is 196 g/mol. The molecule has 1 aliphatic rings. The van der Waals surface area contributed by atoms with E-state index < -0.39 is 0 Å². The number of rotatable bonds is 3. The second-order valence-electron chi connectivity index (χ2n) is 5.19. The van der Waals surface area contributed by atoms with Gasteiger partial charge in [-0.25, -0.2) is 0 Å². The van der Waals surface area contributed by atoms with Gasteiger partial charge in [0.1, 0.15) is 5.78 Å². The van der Waals surface area contributed by atoms with Crippen LogP contribution in [0, 0.1) is 5.92 Å². The first-order valence-electron chi connectivity index (χ1n) is 6.20. The van der Waals surface area contributed by atoms with Crippen LogP contribution in [0.1, 0.15) is 45.1 Å². The first-order valence-corrected chi connectivity index (χ1v) is 6.20. The molecule has 0 N–H and O–H groups in total. The van der Waals surface area contributed by atoms with Crippen molar-refractivity contribution in [3.63, 3.8) is 0 Å². The van der Waals surface area contributed by atoms with Crippen LogP contribution in [0.25, 0.3) is 0 Å². The van der Waals surface area contributed by atoms with Crippen molar-refractivity contribution in [3.8, 4) is 0 Å². The Morgan fingerprint density at radius 3 is 2.56 bits per heavy atom. The van der Waals surface area contributed by atoms with Crippen molar-refractivity contribution in [2.24, 2.45) is 5.92 Å². The molecule has 1 aliphatic carbocycles. The van der Waals surface area contributed by atoms with Crippen LogP contribution in [0.5, 0.6) is 0 Å². The average Bonchev–Trinajstić information content (AvgIpc) is 2.62. The number of carbonyl (C=O) groups excluding carboxylic acids is 1. The fourth-order valence-electron chi connectivity index (χ4n) is 3.25. The second kappa shape index (κ2) is 4.40. The molecule has 2 rings (SSSR count). The van der Waals surface area contributed by atoms with Gasteiger partial charge in [-0.2, -0.15) is 0 Å². The lowest BCUT2D eigenvalue weighted by Gasteiger charge is -2.33. The Labute approximate surface area is 97.9 Å². The van der Waals surface area contributed by atoms with Gasteiger partial charge < -0.3 is 0 Å². The largest absolute Gasteiger partial charge is 0.300 e. The van der Waals surface area contributed by atoms with Gasteiger partial charge in [0.15, 0.2) is 0 Å². The minimum Gasteiger partial charge on any atom is -0.300 e. The van der Waals surface area contributed by atoms with Gasteiger partial charge in [0.05, 0.1) is 0 Å². The molecule has 1 fully saturated rings. The van der Waals surface area contributed by atoms with Gasteiger partial charge in [0.2, 0.25) is 0 Å². The Balaban J connectivity index is 2.38. The predicted molar refractivity (Wildman–Crippen MR) is 66.4 cm³/mol. The van der Waals surface area contributed by atoms with E-state index in [0.717, 1.165) is 6.42 Å². The molecular formula is C15H20O. The minimum absolute atomic E-state index is 0.118. The van der Waals surface area contributed by atoms with Gasteiger partial charge in [-0.05, 0) is 31.2 Å². The fraction of sp³-hybridized carbons (Fsp3) is 0.533. The summed E-state index contributed by atoms with van der Waals surface area (Å²) in [5.74, 6) is 0.941. The van der Waals surface area contributed by atoms with E-state index in [-0.39, 0.29) is 5.41 Å². The van der Waals surface area contributed by atoms with Gasteiger partial charge in [-0.15, -0.1) is 0 Å². The zero-order valence-corrected chi connectivity index (χ0v) is 10.2. The number of Topliss-reactive ketones (excluding diaryl/α,β-unsaturated/α-hetero) is 1. The molecule has 86 valence electrons. The van der Waals surface area contributed by atoms with Crippen LogP contribution < -0.4 is 0 Å². The topological polar surface area (TPSA) is 17.1 Å². The number of benzene rings is 1. The maximum absolute atomic E-state index is 11.5. The summed E-state index contributed by atoms with van der Waals surface area (Å²) < 4.78 is 0. The molecule has 1 aromatic rings. The zero-order valence-electron chi connectivity index (χ0n) is 10.2. The van der Waals surface area contributed by atoms with Crippen molar-refractivity contribution in [3.05, 3.63) is 35.9 Å². The van der Waals surface area contributed by atoms with Gasteiger partial charge in [0.25, 0.3) is 0 Å². The van der Waals surface area contributed by atoms with Crippen molar-refractivity contribution < 1.29 is 4.79 Å². The third-order valence-corrected chi connectivity index (χ3v) is 4.12. The first-order chi connectivity index (χ1) is 7.65.